The molecular formula is C20H25Cl2NO3. The first-order chi connectivity index (χ1) is 12.6. The third kappa shape index (κ3) is 4.04. The first-order valence-corrected chi connectivity index (χ1v) is 10.3. The van der Waals surface area contributed by atoms with Gasteiger partial charge in [0.25, 0.3) is 0 Å². The molecule has 0 radical (unpaired) electrons. The molecule has 2 aliphatic heterocycles. The highest BCUT2D eigenvalue weighted by Gasteiger charge is 2.43. The second kappa shape index (κ2) is 7.67. The Morgan fingerprint density at radius 1 is 1.15 bits per heavy atom. The van der Waals surface area contributed by atoms with E-state index >= 15 is 0 Å². The number of rotatable bonds is 6. The molecule has 4 nitrogen and oxygen atoms in total. The van der Waals surface area contributed by atoms with Gasteiger partial charge in [0.2, 0.25) is 5.91 Å². The zero-order valence-electron chi connectivity index (χ0n) is 14.9. The van der Waals surface area contributed by atoms with E-state index in [-0.39, 0.29) is 17.6 Å². The number of likely N-dealkylation sites (tertiary alicyclic amines) is 1. The fourth-order valence-corrected chi connectivity index (χ4v) is 4.47. The SMILES string of the molecule is O=C1CCC(CC2OCCO2)(c2ccc(Cl)c(Cl)c2)CN1CCC1CC1. The van der Waals surface area contributed by atoms with Gasteiger partial charge >= 0.3 is 0 Å². The van der Waals surface area contributed by atoms with E-state index in [1.54, 1.807) is 0 Å². The van der Waals surface area contributed by atoms with Crippen molar-refractivity contribution < 1.29 is 14.3 Å². The fourth-order valence-electron chi connectivity index (χ4n) is 4.18. The second-order valence-corrected chi connectivity index (χ2v) is 8.65. The minimum Gasteiger partial charge on any atom is -0.350 e. The molecule has 1 saturated carbocycles. The van der Waals surface area contributed by atoms with Gasteiger partial charge < -0.3 is 14.4 Å². The molecule has 26 heavy (non-hydrogen) atoms. The Morgan fingerprint density at radius 3 is 2.62 bits per heavy atom. The van der Waals surface area contributed by atoms with Crippen LogP contribution in [0, 0.1) is 5.92 Å². The minimum absolute atomic E-state index is 0.208. The molecule has 2 heterocycles. The van der Waals surface area contributed by atoms with Crippen molar-refractivity contribution in [2.24, 2.45) is 5.92 Å². The van der Waals surface area contributed by atoms with Gasteiger partial charge in [-0.2, -0.15) is 0 Å². The van der Waals surface area contributed by atoms with E-state index in [1.807, 2.05) is 23.1 Å². The average molecular weight is 398 g/mol. The number of halogens is 2. The Labute approximate surface area is 164 Å². The Balaban J connectivity index is 1.60. The minimum atomic E-state index is -0.220. The first kappa shape index (κ1) is 18.5. The lowest BCUT2D eigenvalue weighted by Gasteiger charge is -2.44. The van der Waals surface area contributed by atoms with Crippen molar-refractivity contribution in [3.63, 3.8) is 0 Å². The summed E-state index contributed by atoms with van der Waals surface area (Å²) in [5.74, 6) is 1.07. The van der Waals surface area contributed by atoms with Gasteiger partial charge in [-0.1, -0.05) is 42.1 Å². The van der Waals surface area contributed by atoms with Gasteiger partial charge in [-0.3, -0.25) is 4.79 Å². The summed E-state index contributed by atoms with van der Waals surface area (Å²) in [7, 11) is 0. The fraction of sp³-hybridized carbons (Fsp3) is 0.650. The summed E-state index contributed by atoms with van der Waals surface area (Å²) >= 11 is 12.4. The molecule has 1 atom stereocenters. The lowest BCUT2D eigenvalue weighted by atomic mass is 9.71. The third-order valence-corrected chi connectivity index (χ3v) is 6.69. The number of benzene rings is 1. The highest BCUT2D eigenvalue weighted by atomic mass is 35.5. The molecule has 142 valence electrons. The first-order valence-electron chi connectivity index (χ1n) is 9.52. The van der Waals surface area contributed by atoms with Crippen LogP contribution < -0.4 is 0 Å². The molecule has 4 rings (SSSR count). The van der Waals surface area contributed by atoms with Crippen LogP contribution in [0.1, 0.15) is 44.1 Å². The molecule has 1 aromatic carbocycles. The number of ether oxygens (including phenoxy) is 2. The summed E-state index contributed by atoms with van der Waals surface area (Å²) in [4.78, 5) is 14.6. The summed E-state index contributed by atoms with van der Waals surface area (Å²) in [5, 5.41) is 1.11. The Morgan fingerprint density at radius 2 is 1.92 bits per heavy atom. The summed E-state index contributed by atoms with van der Waals surface area (Å²) in [6.45, 7) is 2.80. The molecule has 1 aromatic rings. The summed E-state index contributed by atoms with van der Waals surface area (Å²) in [5.41, 5.74) is 0.913. The maximum absolute atomic E-state index is 12.5. The van der Waals surface area contributed by atoms with E-state index in [2.05, 4.69) is 0 Å². The van der Waals surface area contributed by atoms with E-state index in [0.29, 0.717) is 36.2 Å². The van der Waals surface area contributed by atoms with E-state index in [4.69, 9.17) is 32.7 Å². The number of amides is 1. The Bertz CT molecular complexity index is 673. The molecule has 0 N–H and O–H groups in total. The molecule has 1 unspecified atom stereocenters. The van der Waals surface area contributed by atoms with Crippen LogP contribution in [-0.4, -0.2) is 43.4 Å². The maximum atomic E-state index is 12.5. The lowest BCUT2D eigenvalue weighted by molar-refractivity contribution is -0.138. The smallest absolute Gasteiger partial charge is 0.222 e. The number of piperidine rings is 1. The van der Waals surface area contributed by atoms with Crippen LogP contribution in [0.3, 0.4) is 0 Å². The summed E-state index contributed by atoms with van der Waals surface area (Å²) in [6, 6.07) is 5.84. The quantitative estimate of drug-likeness (QED) is 0.712. The van der Waals surface area contributed by atoms with Crippen LogP contribution in [0.25, 0.3) is 0 Å². The van der Waals surface area contributed by atoms with Gasteiger partial charge in [-0.05, 0) is 36.5 Å². The molecule has 1 aliphatic carbocycles. The Kier molecular flexibility index (Phi) is 5.47. The van der Waals surface area contributed by atoms with Crippen LogP contribution in [0.2, 0.25) is 10.0 Å². The topological polar surface area (TPSA) is 38.8 Å². The standard InChI is InChI=1S/C20H25Cl2NO3/c21-16-4-3-15(11-17(16)22)20(12-19-25-9-10-26-19)7-5-18(24)23(13-20)8-6-14-1-2-14/h3-4,11,14,19H,1-2,5-10,12-13H2. The molecule has 0 aromatic heterocycles. The maximum Gasteiger partial charge on any atom is 0.222 e. The molecule has 2 saturated heterocycles. The number of carbonyl (C=O) groups is 1. The van der Waals surface area contributed by atoms with E-state index in [9.17, 15) is 4.79 Å². The van der Waals surface area contributed by atoms with Crippen molar-refractivity contribution in [3.05, 3.63) is 33.8 Å². The number of hydrogen-bond acceptors (Lipinski definition) is 3. The number of carbonyl (C=O) groups excluding carboxylic acids is 1. The highest BCUT2D eigenvalue weighted by molar-refractivity contribution is 6.42. The van der Waals surface area contributed by atoms with E-state index < -0.39 is 0 Å². The van der Waals surface area contributed by atoms with Crippen LogP contribution in [0.15, 0.2) is 18.2 Å². The van der Waals surface area contributed by atoms with Crippen molar-refractivity contribution in [3.8, 4) is 0 Å². The average Bonchev–Trinajstić information content (AvgIpc) is 3.33. The monoisotopic (exact) mass is 397 g/mol. The van der Waals surface area contributed by atoms with Crippen molar-refractivity contribution in [2.75, 3.05) is 26.3 Å². The van der Waals surface area contributed by atoms with Crippen molar-refractivity contribution in [1.29, 1.82) is 0 Å². The molecule has 3 fully saturated rings. The summed E-state index contributed by atoms with van der Waals surface area (Å²) < 4.78 is 11.5. The summed E-state index contributed by atoms with van der Waals surface area (Å²) in [6.07, 6.45) is 5.58. The highest BCUT2D eigenvalue weighted by Crippen LogP contribution is 2.42. The van der Waals surface area contributed by atoms with Gasteiger partial charge in [0.15, 0.2) is 6.29 Å². The molecule has 0 spiro atoms. The molecule has 6 heteroatoms. The van der Waals surface area contributed by atoms with Crippen molar-refractivity contribution in [2.45, 2.75) is 50.2 Å². The second-order valence-electron chi connectivity index (χ2n) is 7.83. The van der Waals surface area contributed by atoms with E-state index in [1.165, 1.54) is 12.8 Å². The van der Waals surface area contributed by atoms with Crippen molar-refractivity contribution in [1.82, 2.24) is 4.90 Å². The molecule has 3 aliphatic rings. The van der Waals surface area contributed by atoms with Crippen LogP contribution >= 0.6 is 23.2 Å². The van der Waals surface area contributed by atoms with Gasteiger partial charge in [-0.25, -0.2) is 0 Å². The van der Waals surface area contributed by atoms with Crippen LogP contribution in [0.5, 0.6) is 0 Å². The predicted octanol–water partition coefficient (Wildman–Crippen LogP) is 4.42. The van der Waals surface area contributed by atoms with Gasteiger partial charge in [0.1, 0.15) is 0 Å². The van der Waals surface area contributed by atoms with Crippen molar-refractivity contribution >= 4 is 29.1 Å². The number of nitrogens with zero attached hydrogens (tertiary/aromatic N) is 1. The van der Waals surface area contributed by atoms with Gasteiger partial charge in [-0.15, -0.1) is 0 Å². The van der Waals surface area contributed by atoms with Gasteiger partial charge in [0.05, 0.1) is 23.3 Å². The van der Waals surface area contributed by atoms with E-state index in [0.717, 1.165) is 37.3 Å². The largest absolute Gasteiger partial charge is 0.350 e. The predicted molar refractivity (Wildman–Crippen MR) is 102 cm³/mol. The third-order valence-electron chi connectivity index (χ3n) is 5.95. The Hall–Kier alpha value is -0.810. The zero-order chi connectivity index (χ0) is 18.1. The molecular weight excluding hydrogens is 373 g/mol. The van der Waals surface area contributed by atoms with Gasteiger partial charge in [0, 0.05) is 31.3 Å². The normalized spacial score (nSPS) is 27.3. The van der Waals surface area contributed by atoms with Crippen LogP contribution in [0.4, 0.5) is 0 Å². The molecule has 1 amide bonds. The molecule has 0 bridgehead atoms. The van der Waals surface area contributed by atoms with Crippen LogP contribution in [-0.2, 0) is 19.7 Å². The lowest BCUT2D eigenvalue weighted by Crippen LogP contribution is -2.50. The number of hydrogen-bond donors (Lipinski definition) is 0. The zero-order valence-corrected chi connectivity index (χ0v) is 16.4.